The predicted octanol–water partition coefficient (Wildman–Crippen LogP) is 3.45. The summed E-state index contributed by atoms with van der Waals surface area (Å²) < 4.78 is 10.6. The number of allylic oxidation sites excluding steroid dienone is 1. The molecule has 3 heterocycles. The minimum Gasteiger partial charge on any atom is -0.467 e. The van der Waals surface area contributed by atoms with Gasteiger partial charge in [0.2, 0.25) is 0 Å². The Balaban J connectivity index is 1.81. The normalized spacial score (nSPS) is 18.4. The van der Waals surface area contributed by atoms with Crippen LogP contribution in [0, 0.1) is 0 Å². The Labute approximate surface area is 126 Å². The third-order valence-corrected chi connectivity index (χ3v) is 3.39. The number of hydrogen-bond acceptors (Lipinski definition) is 4. The quantitative estimate of drug-likeness (QED) is 0.813. The number of rotatable bonds is 4. The number of halogens is 1. The Morgan fingerprint density at radius 3 is 2.81 bits per heavy atom. The Morgan fingerprint density at radius 1 is 1.33 bits per heavy atom. The summed E-state index contributed by atoms with van der Waals surface area (Å²) in [6.07, 6.45) is 7.40. The fourth-order valence-corrected chi connectivity index (χ4v) is 2.31. The summed E-state index contributed by atoms with van der Waals surface area (Å²) in [4.78, 5) is 11.9. The number of hydrazone groups is 1. The van der Waals surface area contributed by atoms with Gasteiger partial charge in [0.15, 0.2) is 0 Å². The largest absolute Gasteiger partial charge is 0.467 e. The van der Waals surface area contributed by atoms with E-state index in [9.17, 15) is 4.79 Å². The first-order valence-electron chi connectivity index (χ1n) is 6.48. The first-order valence-corrected chi connectivity index (χ1v) is 7.02. The molecule has 0 bridgehead atoms. The van der Waals surface area contributed by atoms with E-state index in [1.165, 1.54) is 5.01 Å². The molecule has 0 saturated carbocycles. The second-order valence-electron chi connectivity index (χ2n) is 4.55. The van der Waals surface area contributed by atoms with E-state index in [-0.39, 0.29) is 17.8 Å². The zero-order valence-electron chi connectivity index (χ0n) is 11.1. The van der Waals surface area contributed by atoms with E-state index in [2.05, 4.69) is 5.10 Å². The molecule has 2 aromatic heterocycles. The molecule has 3 rings (SSSR count). The van der Waals surface area contributed by atoms with Gasteiger partial charge in [-0.3, -0.25) is 4.79 Å². The monoisotopic (exact) mass is 304 g/mol. The molecule has 1 amide bonds. The summed E-state index contributed by atoms with van der Waals surface area (Å²) in [6.45, 7) is 0. The van der Waals surface area contributed by atoms with Crippen LogP contribution in [0.5, 0.6) is 0 Å². The van der Waals surface area contributed by atoms with E-state index < -0.39 is 0 Å². The number of nitrogens with zero attached hydrogens (tertiary/aromatic N) is 2. The number of carbonyl (C=O) groups is 1. The molecule has 6 heteroatoms. The highest BCUT2D eigenvalue weighted by Gasteiger charge is 2.32. The van der Waals surface area contributed by atoms with Crippen LogP contribution in [0.3, 0.4) is 0 Å². The summed E-state index contributed by atoms with van der Waals surface area (Å²) >= 11 is 5.64. The lowest BCUT2D eigenvalue weighted by Gasteiger charge is -2.18. The summed E-state index contributed by atoms with van der Waals surface area (Å²) in [5, 5.41) is 5.71. The maximum Gasteiger partial charge on any atom is 0.258 e. The van der Waals surface area contributed by atoms with Crippen LogP contribution in [0.25, 0.3) is 6.08 Å². The maximum absolute atomic E-state index is 11.9. The van der Waals surface area contributed by atoms with Crippen molar-refractivity contribution in [3.8, 4) is 0 Å². The lowest BCUT2D eigenvalue weighted by atomic mass is 10.1. The molecular weight excluding hydrogens is 292 g/mol. The highest BCUT2D eigenvalue weighted by Crippen LogP contribution is 2.31. The van der Waals surface area contributed by atoms with Crippen molar-refractivity contribution in [1.82, 2.24) is 5.01 Å². The number of carbonyl (C=O) groups excluding carboxylic acids is 1. The van der Waals surface area contributed by atoms with Crippen molar-refractivity contribution in [2.45, 2.75) is 12.5 Å². The van der Waals surface area contributed by atoms with Gasteiger partial charge in [-0.1, -0.05) is 0 Å². The molecule has 0 aliphatic carbocycles. The van der Waals surface area contributed by atoms with Crippen molar-refractivity contribution in [1.29, 1.82) is 0 Å². The average Bonchev–Trinajstić information content (AvgIpc) is 3.23. The predicted molar refractivity (Wildman–Crippen MR) is 78.8 cm³/mol. The number of hydrogen-bond donors (Lipinski definition) is 0. The van der Waals surface area contributed by atoms with Gasteiger partial charge < -0.3 is 8.83 Å². The van der Waals surface area contributed by atoms with Crippen molar-refractivity contribution in [3.05, 3.63) is 54.4 Å². The molecule has 108 valence electrons. The molecule has 2 aromatic rings. The van der Waals surface area contributed by atoms with Gasteiger partial charge in [-0.15, -0.1) is 11.6 Å². The van der Waals surface area contributed by atoms with Crippen LogP contribution < -0.4 is 0 Å². The zero-order valence-corrected chi connectivity index (χ0v) is 11.9. The van der Waals surface area contributed by atoms with Crippen LogP contribution in [0.1, 0.15) is 24.0 Å². The summed E-state index contributed by atoms with van der Waals surface area (Å²) in [7, 11) is 0. The van der Waals surface area contributed by atoms with E-state index >= 15 is 0 Å². The molecule has 1 aliphatic rings. The topological polar surface area (TPSA) is 59.0 Å². The standard InChI is InChI=1S/C15H13ClN2O3/c16-10-15(19)18-13(14-4-2-8-21-14)9-11(17-18)5-6-12-3-1-7-20-12/h1-8,13H,9-10H2/b6-5-/t13-/m1/s1. The molecule has 0 N–H and O–H groups in total. The molecule has 0 fully saturated rings. The van der Waals surface area contributed by atoms with Crippen molar-refractivity contribution >= 4 is 29.3 Å². The second kappa shape index (κ2) is 6.01. The summed E-state index contributed by atoms with van der Waals surface area (Å²) in [6, 6.07) is 7.02. The van der Waals surface area contributed by atoms with Crippen LogP contribution in [0.2, 0.25) is 0 Å². The molecule has 1 atom stereocenters. The van der Waals surface area contributed by atoms with Crippen molar-refractivity contribution in [2.75, 3.05) is 5.88 Å². The fraction of sp³-hybridized carbons (Fsp3) is 0.200. The van der Waals surface area contributed by atoms with Gasteiger partial charge in [0, 0.05) is 6.42 Å². The molecule has 0 radical (unpaired) electrons. The Morgan fingerprint density at radius 2 is 2.14 bits per heavy atom. The molecule has 21 heavy (non-hydrogen) atoms. The third kappa shape index (κ3) is 2.92. The van der Waals surface area contributed by atoms with Gasteiger partial charge in [0.1, 0.15) is 23.4 Å². The van der Waals surface area contributed by atoms with Crippen molar-refractivity contribution in [3.63, 3.8) is 0 Å². The fourth-order valence-electron chi connectivity index (χ4n) is 2.19. The van der Waals surface area contributed by atoms with E-state index in [1.54, 1.807) is 18.6 Å². The van der Waals surface area contributed by atoms with Crippen molar-refractivity contribution < 1.29 is 13.6 Å². The summed E-state index contributed by atoms with van der Waals surface area (Å²) in [5.41, 5.74) is 0.770. The number of amides is 1. The lowest BCUT2D eigenvalue weighted by Crippen LogP contribution is -2.27. The molecule has 0 spiro atoms. The molecule has 0 saturated heterocycles. The van der Waals surface area contributed by atoms with E-state index in [4.69, 9.17) is 20.4 Å². The van der Waals surface area contributed by atoms with Crippen LogP contribution in [0.4, 0.5) is 0 Å². The third-order valence-electron chi connectivity index (χ3n) is 3.16. The van der Waals surface area contributed by atoms with E-state index in [0.29, 0.717) is 12.2 Å². The molecule has 5 nitrogen and oxygen atoms in total. The van der Waals surface area contributed by atoms with Gasteiger partial charge in [-0.25, -0.2) is 5.01 Å². The van der Waals surface area contributed by atoms with Crippen LogP contribution in [-0.2, 0) is 4.79 Å². The van der Waals surface area contributed by atoms with Crippen molar-refractivity contribution in [2.24, 2.45) is 5.10 Å². The van der Waals surface area contributed by atoms with Gasteiger partial charge >= 0.3 is 0 Å². The number of furan rings is 2. The SMILES string of the molecule is O=C(CCl)N1N=C(/C=C\c2ccco2)C[C@@H]1c1ccco1. The minimum absolute atomic E-state index is 0.115. The highest BCUT2D eigenvalue weighted by molar-refractivity contribution is 6.27. The highest BCUT2D eigenvalue weighted by atomic mass is 35.5. The second-order valence-corrected chi connectivity index (χ2v) is 4.81. The smallest absolute Gasteiger partial charge is 0.258 e. The Bertz CT molecular complexity index is 659. The van der Waals surface area contributed by atoms with Gasteiger partial charge in [-0.05, 0) is 36.4 Å². The Kier molecular flexibility index (Phi) is 3.92. The first kappa shape index (κ1) is 13.7. The van der Waals surface area contributed by atoms with E-state index in [1.807, 2.05) is 30.4 Å². The molecule has 1 aliphatic heterocycles. The molecule has 0 unspecified atom stereocenters. The van der Waals surface area contributed by atoms with Gasteiger partial charge in [0.25, 0.3) is 5.91 Å². The minimum atomic E-state index is -0.250. The molecular formula is C15H13ClN2O3. The van der Waals surface area contributed by atoms with Crippen LogP contribution in [0.15, 0.2) is 56.8 Å². The van der Waals surface area contributed by atoms with Gasteiger partial charge in [0.05, 0.1) is 18.2 Å². The molecule has 0 aromatic carbocycles. The average molecular weight is 305 g/mol. The maximum atomic E-state index is 11.9. The lowest BCUT2D eigenvalue weighted by molar-refractivity contribution is -0.130. The van der Waals surface area contributed by atoms with Crippen LogP contribution >= 0.6 is 11.6 Å². The van der Waals surface area contributed by atoms with Gasteiger partial charge in [-0.2, -0.15) is 5.10 Å². The van der Waals surface area contributed by atoms with E-state index in [0.717, 1.165) is 11.5 Å². The first-order chi connectivity index (χ1) is 10.3. The van der Waals surface area contributed by atoms with Crippen LogP contribution in [-0.4, -0.2) is 22.5 Å². The number of alkyl halides is 1. The zero-order chi connectivity index (χ0) is 14.7. The Hall–Kier alpha value is -2.27. The summed E-state index contributed by atoms with van der Waals surface area (Å²) in [5.74, 6) is 1.06.